The van der Waals surface area contributed by atoms with Crippen LogP contribution in [0.4, 0.5) is 5.13 Å². The van der Waals surface area contributed by atoms with Crippen LogP contribution in [0.2, 0.25) is 0 Å². The van der Waals surface area contributed by atoms with E-state index in [-0.39, 0.29) is 5.41 Å². The molecule has 0 aliphatic carbocycles. The van der Waals surface area contributed by atoms with E-state index in [0.717, 1.165) is 5.69 Å². The fourth-order valence-electron chi connectivity index (χ4n) is 0.703. The molecule has 0 saturated carbocycles. The van der Waals surface area contributed by atoms with Gasteiger partial charge in [-0.3, -0.25) is 0 Å². The molecule has 4 N–H and O–H groups in total. The molecule has 1 rings (SSSR count). The van der Waals surface area contributed by atoms with Crippen molar-refractivity contribution in [1.29, 1.82) is 0 Å². The van der Waals surface area contributed by atoms with E-state index in [4.69, 9.17) is 11.5 Å². The average molecular weight is 171 g/mol. The van der Waals surface area contributed by atoms with Crippen molar-refractivity contribution < 1.29 is 0 Å². The van der Waals surface area contributed by atoms with E-state index in [1.165, 1.54) is 11.3 Å². The van der Waals surface area contributed by atoms with E-state index >= 15 is 0 Å². The number of hydrogen-bond donors (Lipinski definition) is 2. The zero-order valence-corrected chi connectivity index (χ0v) is 7.61. The normalized spacial score (nSPS) is 11.9. The zero-order chi connectivity index (χ0) is 8.48. The molecule has 1 aromatic heterocycles. The Kier molecular flexibility index (Phi) is 2.15. The summed E-state index contributed by atoms with van der Waals surface area (Å²) in [6.45, 7) is 4.71. The molecule has 1 aromatic rings. The van der Waals surface area contributed by atoms with Gasteiger partial charge in [0.25, 0.3) is 0 Å². The van der Waals surface area contributed by atoms with E-state index < -0.39 is 0 Å². The lowest BCUT2D eigenvalue weighted by Gasteiger charge is -2.18. The maximum Gasteiger partial charge on any atom is 0.180 e. The predicted octanol–water partition coefficient (Wildman–Crippen LogP) is 0.962. The number of nitrogens with zero attached hydrogens (tertiary/aromatic N) is 1. The number of hydrogen-bond acceptors (Lipinski definition) is 4. The van der Waals surface area contributed by atoms with Crippen LogP contribution >= 0.6 is 11.3 Å². The molecule has 0 aliphatic rings. The Balaban J connectivity index is 2.92. The molecule has 1 heterocycles. The lowest BCUT2D eigenvalue weighted by Crippen LogP contribution is -2.28. The monoisotopic (exact) mass is 171 g/mol. The van der Waals surface area contributed by atoms with Crippen LogP contribution in [0.1, 0.15) is 19.5 Å². The first-order valence-corrected chi connectivity index (χ1v) is 4.36. The summed E-state index contributed by atoms with van der Waals surface area (Å²) >= 11 is 1.46. The van der Waals surface area contributed by atoms with Gasteiger partial charge >= 0.3 is 0 Å². The SMILES string of the molecule is CC(C)(CN)c1csc(N)n1. The molecule has 0 aromatic carbocycles. The number of anilines is 1. The summed E-state index contributed by atoms with van der Waals surface area (Å²) < 4.78 is 0. The zero-order valence-electron chi connectivity index (χ0n) is 6.79. The van der Waals surface area contributed by atoms with Crippen LogP contribution in [-0.2, 0) is 5.41 Å². The van der Waals surface area contributed by atoms with Crippen molar-refractivity contribution in [2.75, 3.05) is 12.3 Å². The quantitative estimate of drug-likeness (QED) is 0.696. The van der Waals surface area contributed by atoms with Gasteiger partial charge in [-0.25, -0.2) is 4.98 Å². The first-order chi connectivity index (χ1) is 5.06. The minimum absolute atomic E-state index is 0.0475. The van der Waals surface area contributed by atoms with Crippen LogP contribution < -0.4 is 11.5 Å². The van der Waals surface area contributed by atoms with Gasteiger partial charge in [0.2, 0.25) is 0 Å². The third-order valence-corrected chi connectivity index (χ3v) is 2.40. The molecule has 0 spiro atoms. The Hall–Kier alpha value is -0.610. The van der Waals surface area contributed by atoms with Crippen molar-refractivity contribution in [3.63, 3.8) is 0 Å². The molecule has 0 aliphatic heterocycles. The number of thiazole rings is 1. The number of rotatable bonds is 2. The first kappa shape index (κ1) is 8.49. The van der Waals surface area contributed by atoms with Crippen LogP contribution in [0.15, 0.2) is 5.38 Å². The Morgan fingerprint density at radius 3 is 2.64 bits per heavy atom. The van der Waals surface area contributed by atoms with Gasteiger partial charge in [0.1, 0.15) is 0 Å². The van der Waals surface area contributed by atoms with Crippen LogP contribution in [-0.4, -0.2) is 11.5 Å². The van der Waals surface area contributed by atoms with Crippen LogP contribution in [0.25, 0.3) is 0 Å². The molecule has 4 heteroatoms. The summed E-state index contributed by atoms with van der Waals surface area (Å²) in [5, 5.41) is 2.57. The van der Waals surface area contributed by atoms with E-state index in [1.807, 2.05) is 5.38 Å². The highest BCUT2D eigenvalue weighted by Crippen LogP contribution is 2.24. The van der Waals surface area contributed by atoms with Gasteiger partial charge in [0.05, 0.1) is 5.69 Å². The highest BCUT2D eigenvalue weighted by Gasteiger charge is 2.21. The number of aromatic nitrogens is 1. The predicted molar refractivity (Wildman–Crippen MR) is 48.6 cm³/mol. The third-order valence-electron chi connectivity index (χ3n) is 1.73. The Morgan fingerprint density at radius 2 is 2.27 bits per heavy atom. The van der Waals surface area contributed by atoms with E-state index in [2.05, 4.69) is 18.8 Å². The van der Waals surface area contributed by atoms with Crippen molar-refractivity contribution in [3.8, 4) is 0 Å². The lowest BCUT2D eigenvalue weighted by molar-refractivity contribution is 0.525. The summed E-state index contributed by atoms with van der Waals surface area (Å²) in [5.41, 5.74) is 12.0. The second kappa shape index (κ2) is 2.79. The fourth-order valence-corrected chi connectivity index (χ4v) is 1.46. The highest BCUT2D eigenvalue weighted by molar-refractivity contribution is 7.13. The van der Waals surface area contributed by atoms with Gasteiger partial charge in [0, 0.05) is 17.3 Å². The van der Waals surface area contributed by atoms with E-state index in [0.29, 0.717) is 11.7 Å². The molecule has 0 bridgehead atoms. The highest BCUT2D eigenvalue weighted by atomic mass is 32.1. The molecule has 0 atom stereocenters. The summed E-state index contributed by atoms with van der Waals surface area (Å²) in [6.07, 6.45) is 0. The van der Waals surface area contributed by atoms with Crippen LogP contribution in [0, 0.1) is 0 Å². The summed E-state index contributed by atoms with van der Waals surface area (Å²) in [4.78, 5) is 4.17. The summed E-state index contributed by atoms with van der Waals surface area (Å²) in [5.74, 6) is 0. The number of nitrogen functional groups attached to an aromatic ring is 1. The van der Waals surface area contributed by atoms with E-state index in [1.54, 1.807) is 0 Å². The molecule has 11 heavy (non-hydrogen) atoms. The van der Waals surface area contributed by atoms with Gasteiger partial charge < -0.3 is 11.5 Å². The van der Waals surface area contributed by atoms with Gasteiger partial charge in [0.15, 0.2) is 5.13 Å². The standard InChI is InChI=1S/C7H13N3S/c1-7(2,4-8)5-3-11-6(9)10-5/h3H,4,8H2,1-2H3,(H2,9,10). The maximum absolute atomic E-state index is 5.57. The van der Waals surface area contributed by atoms with Crippen molar-refractivity contribution in [2.24, 2.45) is 5.73 Å². The fraction of sp³-hybridized carbons (Fsp3) is 0.571. The molecule has 0 saturated heterocycles. The summed E-state index contributed by atoms with van der Waals surface area (Å²) in [6, 6.07) is 0. The smallest absolute Gasteiger partial charge is 0.180 e. The largest absolute Gasteiger partial charge is 0.375 e. The van der Waals surface area contributed by atoms with Crippen molar-refractivity contribution in [1.82, 2.24) is 4.98 Å². The van der Waals surface area contributed by atoms with Crippen molar-refractivity contribution in [3.05, 3.63) is 11.1 Å². The molecule has 3 nitrogen and oxygen atoms in total. The minimum Gasteiger partial charge on any atom is -0.375 e. The summed E-state index contributed by atoms with van der Waals surface area (Å²) in [7, 11) is 0. The molecule has 0 amide bonds. The topological polar surface area (TPSA) is 64.9 Å². The molecule has 0 radical (unpaired) electrons. The lowest BCUT2D eigenvalue weighted by atomic mass is 9.91. The second-order valence-corrected chi connectivity index (χ2v) is 4.05. The van der Waals surface area contributed by atoms with Gasteiger partial charge in [-0.2, -0.15) is 0 Å². The molecular formula is C7H13N3S. The Morgan fingerprint density at radius 1 is 1.64 bits per heavy atom. The van der Waals surface area contributed by atoms with Gasteiger partial charge in [-0.1, -0.05) is 13.8 Å². The van der Waals surface area contributed by atoms with Crippen molar-refractivity contribution in [2.45, 2.75) is 19.3 Å². The van der Waals surface area contributed by atoms with Gasteiger partial charge in [-0.05, 0) is 0 Å². The molecular weight excluding hydrogens is 158 g/mol. The van der Waals surface area contributed by atoms with Crippen LogP contribution in [0.5, 0.6) is 0 Å². The average Bonchev–Trinajstić information content (AvgIpc) is 2.36. The van der Waals surface area contributed by atoms with E-state index in [9.17, 15) is 0 Å². The maximum atomic E-state index is 5.57. The second-order valence-electron chi connectivity index (χ2n) is 3.16. The number of nitrogens with two attached hydrogens (primary N) is 2. The Bertz CT molecular complexity index is 242. The van der Waals surface area contributed by atoms with Crippen LogP contribution in [0.3, 0.4) is 0 Å². The van der Waals surface area contributed by atoms with Gasteiger partial charge in [-0.15, -0.1) is 11.3 Å². The van der Waals surface area contributed by atoms with Crippen molar-refractivity contribution >= 4 is 16.5 Å². The minimum atomic E-state index is -0.0475. The third kappa shape index (κ3) is 1.70. The first-order valence-electron chi connectivity index (χ1n) is 3.48. The molecule has 62 valence electrons. The molecule has 0 unspecified atom stereocenters. The molecule has 0 fully saturated rings. The Labute approximate surface area is 70.4 Å².